The first-order valence-corrected chi connectivity index (χ1v) is 15.9. The summed E-state index contributed by atoms with van der Waals surface area (Å²) in [7, 11) is 0. The minimum absolute atomic E-state index is 0.0310. The normalized spacial score (nSPS) is 32.5. The number of hydrogen-bond donors (Lipinski definition) is 3. The third-order valence-electron chi connectivity index (χ3n) is 11.1. The molecular weight excluding hydrogens is 560 g/mol. The van der Waals surface area contributed by atoms with Crippen LogP contribution in [0.2, 0.25) is 0 Å². The molecule has 1 fully saturated rings. The number of Topliss-reactive ketones (excluding diaryl/α,β-unsaturated/α-hetero) is 1. The average Bonchev–Trinajstić information content (AvgIpc) is 2.96. The molecule has 1 aromatic rings. The van der Waals surface area contributed by atoms with Crippen LogP contribution in [0.5, 0.6) is 17.2 Å². The van der Waals surface area contributed by atoms with E-state index >= 15 is 0 Å². The zero-order chi connectivity index (χ0) is 31.6. The highest BCUT2D eigenvalue weighted by Crippen LogP contribution is 2.60. The van der Waals surface area contributed by atoms with Crippen LogP contribution in [-0.4, -0.2) is 39.5 Å². The summed E-state index contributed by atoms with van der Waals surface area (Å²) in [6.07, 6.45) is 11.6. The van der Waals surface area contributed by atoms with Crippen LogP contribution in [0.3, 0.4) is 0 Å². The lowest BCUT2D eigenvalue weighted by Gasteiger charge is -2.53. The zero-order valence-electron chi connectivity index (χ0n) is 25.9. The molecule has 6 atom stereocenters. The number of allylic oxidation sites excluding steroid dienone is 8. The molecule has 3 N–H and O–H groups in total. The smallest absolute Gasteiger partial charge is 0.307 e. The zero-order valence-corrected chi connectivity index (χ0v) is 25.9. The first-order valence-electron chi connectivity index (χ1n) is 15.9. The Morgan fingerprint density at radius 3 is 2.61 bits per heavy atom. The molecule has 5 aliphatic rings. The van der Waals surface area contributed by atoms with Gasteiger partial charge in [-0.2, -0.15) is 0 Å². The van der Waals surface area contributed by atoms with Crippen LogP contribution in [0.1, 0.15) is 71.8 Å². The maximum absolute atomic E-state index is 14.6. The van der Waals surface area contributed by atoms with Crippen LogP contribution < -0.4 is 4.74 Å². The summed E-state index contributed by atoms with van der Waals surface area (Å²) < 4.78 is 12.1. The highest BCUT2D eigenvalue weighted by molar-refractivity contribution is 6.13. The Labute approximate surface area is 258 Å². The predicted octanol–water partition coefficient (Wildman–Crippen LogP) is 6.42. The van der Waals surface area contributed by atoms with Gasteiger partial charge >= 0.3 is 5.97 Å². The van der Waals surface area contributed by atoms with Crippen molar-refractivity contribution in [2.45, 2.75) is 72.6 Å². The van der Waals surface area contributed by atoms with Crippen molar-refractivity contribution in [3.8, 4) is 17.2 Å². The van der Waals surface area contributed by atoms with Gasteiger partial charge in [-0.25, -0.2) is 0 Å². The number of aromatic hydroxyl groups is 2. The molecule has 8 nitrogen and oxygen atoms in total. The van der Waals surface area contributed by atoms with E-state index in [0.29, 0.717) is 30.6 Å². The fourth-order valence-corrected chi connectivity index (χ4v) is 9.03. The van der Waals surface area contributed by atoms with E-state index in [9.17, 15) is 29.7 Å². The van der Waals surface area contributed by atoms with Crippen LogP contribution in [0.15, 0.2) is 59.1 Å². The first-order chi connectivity index (χ1) is 20.9. The van der Waals surface area contributed by atoms with Crippen molar-refractivity contribution in [3.05, 3.63) is 64.7 Å². The molecule has 2 unspecified atom stereocenters. The fraction of sp³-hybridized carbons (Fsp3) is 0.528. The quantitative estimate of drug-likeness (QED) is 0.318. The van der Waals surface area contributed by atoms with Gasteiger partial charge in [-0.15, -0.1) is 0 Å². The summed E-state index contributed by atoms with van der Waals surface area (Å²) in [5.41, 5.74) is 1.27. The number of fused-ring (bicyclic) bond motifs is 3. The molecule has 0 aromatic heterocycles. The molecule has 0 saturated heterocycles. The van der Waals surface area contributed by atoms with Gasteiger partial charge in [-0.05, 0) is 69.3 Å². The molecule has 0 spiro atoms. The minimum atomic E-state index is -1.43. The first kappa shape index (κ1) is 30.2. The topological polar surface area (TPSA) is 130 Å². The predicted molar refractivity (Wildman–Crippen MR) is 163 cm³/mol. The van der Waals surface area contributed by atoms with Gasteiger partial charge in [-0.3, -0.25) is 14.4 Å². The van der Waals surface area contributed by atoms with E-state index in [1.54, 1.807) is 13.0 Å². The number of phenols is 2. The summed E-state index contributed by atoms with van der Waals surface area (Å²) in [5, 5.41) is 31.2. The maximum atomic E-state index is 14.6. The number of carbonyl (C=O) groups excluding carboxylic acids is 2. The molecule has 4 aliphatic carbocycles. The SMILES string of the molecule is CCOC1=CC(=O)[C@@]2(C3=CCc4c(O)cc(O)cc4O3)[C@H](CC3C4CCCC(C)(C)C4=CC[C@@H]3C(=O)O)C(C)=CC[C@H]2C1=O. The van der Waals surface area contributed by atoms with Gasteiger partial charge < -0.3 is 24.8 Å². The number of hydrogen-bond acceptors (Lipinski definition) is 7. The number of aliphatic carboxylic acids is 1. The Morgan fingerprint density at radius 2 is 1.89 bits per heavy atom. The second-order valence-corrected chi connectivity index (χ2v) is 13.8. The molecule has 6 rings (SSSR count). The molecule has 1 heterocycles. The number of rotatable bonds is 6. The van der Waals surface area contributed by atoms with Crippen LogP contribution >= 0.6 is 0 Å². The van der Waals surface area contributed by atoms with E-state index in [1.807, 2.05) is 13.0 Å². The highest BCUT2D eigenvalue weighted by atomic mass is 16.5. The molecule has 0 bridgehead atoms. The molecule has 1 aliphatic heterocycles. The molecular formula is C36H42O8. The number of benzene rings is 1. The van der Waals surface area contributed by atoms with Crippen LogP contribution in [0.4, 0.5) is 0 Å². The number of ether oxygens (including phenoxy) is 2. The number of phenolic OH excluding ortho intramolecular Hbond substituents is 2. The minimum Gasteiger partial charge on any atom is -0.508 e. The summed E-state index contributed by atoms with van der Waals surface area (Å²) in [5.74, 6) is -3.21. The fourth-order valence-electron chi connectivity index (χ4n) is 9.03. The highest BCUT2D eigenvalue weighted by Gasteiger charge is 2.63. The van der Waals surface area contributed by atoms with E-state index in [4.69, 9.17) is 9.47 Å². The van der Waals surface area contributed by atoms with Gasteiger partial charge in [0.2, 0.25) is 5.78 Å². The van der Waals surface area contributed by atoms with Gasteiger partial charge in [0.25, 0.3) is 0 Å². The maximum Gasteiger partial charge on any atom is 0.307 e. The second-order valence-electron chi connectivity index (χ2n) is 13.8. The van der Waals surface area contributed by atoms with Crippen molar-refractivity contribution in [3.63, 3.8) is 0 Å². The van der Waals surface area contributed by atoms with Crippen molar-refractivity contribution in [2.75, 3.05) is 6.61 Å². The van der Waals surface area contributed by atoms with Gasteiger partial charge in [0.05, 0.1) is 12.5 Å². The lowest BCUT2D eigenvalue weighted by molar-refractivity contribution is -0.147. The standard InChI is InChI=1S/C36H42O8/c1-5-43-30-18-31(39)36(32-13-10-23-28(38)15-20(37)16-29(23)44-32)26(33(30)40)11-8-19(2)27(36)17-24-21-7-6-14-35(3,4)25(21)12-9-22(24)34(41)42/h8,12-13,15-16,18,21-22,24,26-27,37-38H,5-7,9-11,14,17H2,1-4H3,(H,41,42)/t21?,22-,24?,26-,27+,36-/m0/s1. The summed E-state index contributed by atoms with van der Waals surface area (Å²) in [6, 6.07) is 2.66. The van der Waals surface area contributed by atoms with Crippen LogP contribution in [-0.2, 0) is 25.5 Å². The Balaban J connectivity index is 1.51. The van der Waals surface area contributed by atoms with Crippen molar-refractivity contribution in [1.29, 1.82) is 0 Å². The summed E-state index contributed by atoms with van der Waals surface area (Å²) in [4.78, 5) is 41.5. The van der Waals surface area contributed by atoms with Gasteiger partial charge in [-0.1, -0.05) is 43.6 Å². The summed E-state index contributed by atoms with van der Waals surface area (Å²) in [6.45, 7) is 8.44. The molecule has 0 amide bonds. The molecule has 1 aromatic carbocycles. The lowest BCUT2D eigenvalue weighted by atomic mass is 9.50. The average molecular weight is 603 g/mol. The second kappa shape index (κ2) is 11.0. The van der Waals surface area contributed by atoms with E-state index in [0.717, 1.165) is 24.8 Å². The largest absolute Gasteiger partial charge is 0.508 e. The molecule has 44 heavy (non-hydrogen) atoms. The molecule has 0 radical (unpaired) electrons. The van der Waals surface area contributed by atoms with Gasteiger partial charge in [0.1, 0.15) is 28.4 Å². The Kier molecular flexibility index (Phi) is 7.53. The Bertz CT molecular complexity index is 1540. The Morgan fingerprint density at radius 1 is 1.11 bits per heavy atom. The van der Waals surface area contributed by atoms with E-state index < -0.39 is 29.1 Å². The number of carbonyl (C=O) groups is 3. The number of ketones is 2. The van der Waals surface area contributed by atoms with Gasteiger partial charge in [0.15, 0.2) is 11.5 Å². The third-order valence-corrected chi connectivity index (χ3v) is 11.1. The molecule has 1 saturated carbocycles. The van der Waals surface area contributed by atoms with Crippen molar-refractivity contribution in [2.24, 2.45) is 40.4 Å². The summed E-state index contributed by atoms with van der Waals surface area (Å²) >= 11 is 0. The molecule has 8 heteroatoms. The van der Waals surface area contributed by atoms with Crippen LogP contribution in [0, 0.1) is 40.4 Å². The van der Waals surface area contributed by atoms with E-state index in [-0.39, 0.29) is 64.9 Å². The van der Waals surface area contributed by atoms with Crippen molar-refractivity contribution >= 4 is 17.5 Å². The number of carboxylic acids is 1. The van der Waals surface area contributed by atoms with Gasteiger partial charge in [0, 0.05) is 42.0 Å². The van der Waals surface area contributed by atoms with Crippen molar-refractivity contribution < 1.29 is 39.2 Å². The van der Waals surface area contributed by atoms with E-state index in [1.165, 1.54) is 23.8 Å². The Hall–Kier alpha value is -3.81. The lowest BCUT2D eigenvalue weighted by Crippen LogP contribution is -2.56. The van der Waals surface area contributed by atoms with Crippen LogP contribution in [0.25, 0.3) is 0 Å². The number of carboxylic acid groups (broad SMARTS) is 1. The molecule has 234 valence electrons. The third kappa shape index (κ3) is 4.60. The van der Waals surface area contributed by atoms with Crippen molar-refractivity contribution in [1.82, 2.24) is 0 Å². The monoisotopic (exact) mass is 602 g/mol. The van der Waals surface area contributed by atoms with E-state index in [2.05, 4.69) is 19.9 Å².